The molecule has 19 heavy (non-hydrogen) atoms. The molecule has 0 spiro atoms. The Balaban J connectivity index is 1.99. The van der Waals surface area contributed by atoms with Crippen LogP contribution in [0.2, 0.25) is 0 Å². The predicted molar refractivity (Wildman–Crippen MR) is 84.7 cm³/mol. The van der Waals surface area contributed by atoms with Crippen molar-refractivity contribution < 1.29 is 0 Å². The SMILES string of the molecule is Brc1ccccc1C(c1ccsc1)N1CCNCC1. The highest BCUT2D eigenvalue weighted by Crippen LogP contribution is 2.34. The average Bonchev–Trinajstić information content (AvgIpc) is 2.96. The number of nitrogens with zero attached hydrogens (tertiary/aromatic N) is 1. The molecule has 3 rings (SSSR count). The molecule has 1 atom stereocenters. The smallest absolute Gasteiger partial charge is 0.0621 e. The van der Waals surface area contributed by atoms with Crippen LogP contribution in [0.3, 0.4) is 0 Å². The van der Waals surface area contributed by atoms with Crippen molar-refractivity contribution in [1.82, 2.24) is 10.2 Å². The van der Waals surface area contributed by atoms with Crippen LogP contribution in [0.5, 0.6) is 0 Å². The van der Waals surface area contributed by atoms with Gasteiger partial charge in [0.15, 0.2) is 0 Å². The Morgan fingerprint density at radius 3 is 2.63 bits per heavy atom. The first-order valence-corrected chi connectivity index (χ1v) is 8.31. The molecule has 2 aromatic rings. The fourth-order valence-electron chi connectivity index (χ4n) is 2.65. The van der Waals surface area contributed by atoms with Crippen LogP contribution >= 0.6 is 27.3 Å². The molecule has 1 saturated heterocycles. The molecule has 1 aliphatic heterocycles. The normalized spacial score (nSPS) is 18.4. The number of nitrogens with one attached hydrogen (secondary N) is 1. The van der Waals surface area contributed by atoms with Crippen LogP contribution in [0.4, 0.5) is 0 Å². The second-order valence-corrected chi connectivity index (χ2v) is 6.40. The number of benzene rings is 1. The number of halogens is 1. The molecule has 0 amide bonds. The molecule has 1 N–H and O–H groups in total. The van der Waals surface area contributed by atoms with Crippen molar-refractivity contribution in [2.75, 3.05) is 26.2 Å². The van der Waals surface area contributed by atoms with Crippen molar-refractivity contribution in [3.63, 3.8) is 0 Å². The van der Waals surface area contributed by atoms with Gasteiger partial charge < -0.3 is 5.32 Å². The van der Waals surface area contributed by atoms with E-state index in [9.17, 15) is 0 Å². The molecule has 2 heterocycles. The van der Waals surface area contributed by atoms with E-state index in [4.69, 9.17) is 0 Å². The zero-order valence-corrected chi connectivity index (χ0v) is 13.1. The van der Waals surface area contributed by atoms with Crippen molar-refractivity contribution in [1.29, 1.82) is 0 Å². The van der Waals surface area contributed by atoms with Crippen LogP contribution in [0, 0.1) is 0 Å². The fourth-order valence-corrected chi connectivity index (χ4v) is 3.84. The summed E-state index contributed by atoms with van der Waals surface area (Å²) in [5.41, 5.74) is 2.77. The number of hydrogen-bond donors (Lipinski definition) is 1. The van der Waals surface area contributed by atoms with Gasteiger partial charge in [-0.25, -0.2) is 0 Å². The number of hydrogen-bond acceptors (Lipinski definition) is 3. The Labute approximate surface area is 126 Å². The molecular weight excluding hydrogens is 320 g/mol. The Hall–Kier alpha value is -0.680. The standard InChI is InChI=1S/C15H17BrN2S/c16-14-4-2-1-3-13(14)15(12-5-10-19-11-12)18-8-6-17-7-9-18/h1-5,10-11,15,17H,6-9H2. The van der Waals surface area contributed by atoms with Gasteiger partial charge in [0.05, 0.1) is 6.04 Å². The lowest BCUT2D eigenvalue weighted by Crippen LogP contribution is -2.45. The van der Waals surface area contributed by atoms with E-state index in [0.29, 0.717) is 6.04 Å². The molecule has 1 aromatic carbocycles. The van der Waals surface area contributed by atoms with E-state index in [0.717, 1.165) is 26.2 Å². The third-order valence-electron chi connectivity index (χ3n) is 3.58. The molecular formula is C15H17BrN2S. The molecule has 1 aliphatic rings. The Bertz CT molecular complexity index is 521. The molecule has 1 unspecified atom stereocenters. The van der Waals surface area contributed by atoms with E-state index in [1.807, 2.05) is 0 Å². The minimum atomic E-state index is 0.365. The van der Waals surface area contributed by atoms with Gasteiger partial charge in [0.1, 0.15) is 0 Å². The summed E-state index contributed by atoms with van der Waals surface area (Å²) in [6.45, 7) is 4.35. The van der Waals surface area contributed by atoms with Crippen molar-refractivity contribution in [2.45, 2.75) is 6.04 Å². The van der Waals surface area contributed by atoms with Crippen molar-refractivity contribution in [3.8, 4) is 0 Å². The highest BCUT2D eigenvalue weighted by Gasteiger charge is 2.25. The van der Waals surface area contributed by atoms with Gasteiger partial charge in [0, 0.05) is 30.7 Å². The third kappa shape index (κ3) is 2.92. The summed E-state index contributed by atoms with van der Waals surface area (Å²) >= 11 is 5.49. The van der Waals surface area contributed by atoms with Crippen LogP contribution in [-0.2, 0) is 0 Å². The van der Waals surface area contributed by atoms with Crippen LogP contribution in [-0.4, -0.2) is 31.1 Å². The minimum Gasteiger partial charge on any atom is -0.314 e. The van der Waals surface area contributed by atoms with E-state index in [1.165, 1.54) is 15.6 Å². The van der Waals surface area contributed by atoms with Crippen LogP contribution in [0.15, 0.2) is 45.6 Å². The van der Waals surface area contributed by atoms with Gasteiger partial charge in [-0.1, -0.05) is 34.1 Å². The van der Waals surface area contributed by atoms with Gasteiger partial charge in [-0.15, -0.1) is 0 Å². The predicted octanol–water partition coefficient (Wildman–Crippen LogP) is 3.51. The number of thiophene rings is 1. The molecule has 0 aliphatic carbocycles. The first-order valence-electron chi connectivity index (χ1n) is 6.57. The second-order valence-electron chi connectivity index (χ2n) is 4.77. The zero-order valence-electron chi connectivity index (χ0n) is 10.7. The maximum atomic E-state index is 3.71. The highest BCUT2D eigenvalue weighted by molar-refractivity contribution is 9.10. The Morgan fingerprint density at radius 1 is 1.16 bits per heavy atom. The first kappa shape index (κ1) is 13.3. The van der Waals surface area contributed by atoms with E-state index < -0.39 is 0 Å². The summed E-state index contributed by atoms with van der Waals surface area (Å²) in [4.78, 5) is 2.57. The zero-order chi connectivity index (χ0) is 13.1. The summed E-state index contributed by atoms with van der Waals surface area (Å²) < 4.78 is 1.20. The van der Waals surface area contributed by atoms with Gasteiger partial charge in [-0.3, -0.25) is 4.90 Å². The van der Waals surface area contributed by atoms with Crippen LogP contribution in [0.1, 0.15) is 17.2 Å². The second kappa shape index (κ2) is 6.18. The lowest BCUT2D eigenvalue weighted by molar-refractivity contribution is 0.198. The monoisotopic (exact) mass is 336 g/mol. The van der Waals surface area contributed by atoms with Crippen molar-refractivity contribution in [3.05, 3.63) is 56.7 Å². The molecule has 4 heteroatoms. The van der Waals surface area contributed by atoms with Crippen LogP contribution in [0.25, 0.3) is 0 Å². The molecule has 0 radical (unpaired) electrons. The minimum absolute atomic E-state index is 0.365. The lowest BCUT2D eigenvalue weighted by Gasteiger charge is -2.35. The van der Waals surface area contributed by atoms with Crippen molar-refractivity contribution >= 4 is 27.3 Å². The summed E-state index contributed by atoms with van der Waals surface area (Å²) in [6, 6.07) is 11.2. The van der Waals surface area contributed by atoms with E-state index in [1.54, 1.807) is 11.3 Å². The van der Waals surface area contributed by atoms with Gasteiger partial charge in [0.25, 0.3) is 0 Å². The first-order chi connectivity index (χ1) is 9.36. The highest BCUT2D eigenvalue weighted by atomic mass is 79.9. The maximum absolute atomic E-state index is 3.71. The summed E-state index contributed by atoms with van der Waals surface area (Å²) in [6.07, 6.45) is 0. The fraction of sp³-hybridized carbons (Fsp3) is 0.333. The van der Waals surface area contributed by atoms with Gasteiger partial charge in [-0.2, -0.15) is 11.3 Å². The third-order valence-corrected chi connectivity index (χ3v) is 5.00. The summed E-state index contributed by atoms with van der Waals surface area (Å²) in [7, 11) is 0. The van der Waals surface area contributed by atoms with Crippen LogP contribution < -0.4 is 5.32 Å². The molecule has 100 valence electrons. The largest absolute Gasteiger partial charge is 0.314 e. The maximum Gasteiger partial charge on any atom is 0.0621 e. The molecule has 1 fully saturated rings. The van der Waals surface area contributed by atoms with Crippen molar-refractivity contribution in [2.24, 2.45) is 0 Å². The number of rotatable bonds is 3. The summed E-state index contributed by atoms with van der Waals surface area (Å²) in [5, 5.41) is 7.87. The van der Waals surface area contributed by atoms with Gasteiger partial charge in [-0.05, 0) is 34.0 Å². The lowest BCUT2D eigenvalue weighted by atomic mass is 9.99. The van der Waals surface area contributed by atoms with Gasteiger partial charge >= 0.3 is 0 Å². The number of piperazine rings is 1. The van der Waals surface area contributed by atoms with E-state index in [-0.39, 0.29) is 0 Å². The molecule has 1 aromatic heterocycles. The van der Waals surface area contributed by atoms with E-state index in [2.05, 4.69) is 67.2 Å². The van der Waals surface area contributed by atoms with Gasteiger partial charge in [0.2, 0.25) is 0 Å². The molecule has 0 saturated carbocycles. The quantitative estimate of drug-likeness (QED) is 0.922. The Morgan fingerprint density at radius 2 is 1.95 bits per heavy atom. The average molecular weight is 337 g/mol. The molecule has 2 nitrogen and oxygen atoms in total. The topological polar surface area (TPSA) is 15.3 Å². The Kier molecular flexibility index (Phi) is 4.33. The van der Waals surface area contributed by atoms with E-state index >= 15 is 0 Å². The summed E-state index contributed by atoms with van der Waals surface area (Å²) in [5.74, 6) is 0. The molecule has 0 bridgehead atoms.